The van der Waals surface area contributed by atoms with Crippen molar-refractivity contribution in [1.82, 2.24) is 0 Å². The molecule has 0 saturated heterocycles. The first-order valence-corrected chi connectivity index (χ1v) is 7.16. The Bertz CT molecular complexity index is 163. The minimum absolute atomic E-state index is 0.997. The van der Waals surface area contributed by atoms with Crippen LogP contribution in [0.25, 0.3) is 0 Å². The van der Waals surface area contributed by atoms with E-state index in [0.29, 0.717) is 0 Å². The third-order valence-electron chi connectivity index (χ3n) is 2.05. The molecule has 0 saturated carbocycles. The number of hydrogen-bond acceptors (Lipinski definition) is 0. The van der Waals surface area contributed by atoms with Crippen LogP contribution in [0.1, 0.15) is 58.8 Å². The third kappa shape index (κ3) is 60.9. The summed E-state index contributed by atoms with van der Waals surface area (Å²) in [5, 5.41) is 0. The van der Waals surface area contributed by atoms with E-state index in [1.165, 1.54) is 38.5 Å². The van der Waals surface area contributed by atoms with Crippen LogP contribution in [-0.4, -0.2) is 0 Å². The van der Waals surface area contributed by atoms with Crippen LogP contribution in [0.4, 0.5) is 0 Å². The average Bonchev–Trinajstić information content (AvgIpc) is 2.50. The average molecular weight is 264 g/mol. The lowest BCUT2D eigenvalue weighted by Gasteiger charge is -1.94. The van der Waals surface area contributed by atoms with Crippen LogP contribution in [0.5, 0.6) is 0 Å². The molecule has 0 bridgehead atoms. The van der Waals surface area contributed by atoms with Crippen molar-refractivity contribution in [2.24, 2.45) is 0 Å². The topological polar surface area (TPSA) is 0 Å². The molecule has 0 aliphatic carbocycles. The van der Waals surface area contributed by atoms with E-state index in [2.05, 4.69) is 52.5 Å². The van der Waals surface area contributed by atoms with Crippen molar-refractivity contribution >= 4 is 0 Å². The second-order valence-electron chi connectivity index (χ2n) is 3.58. The van der Waals surface area contributed by atoms with Gasteiger partial charge in [0, 0.05) is 0 Å². The Morgan fingerprint density at radius 1 is 0.789 bits per heavy atom. The Hall–Kier alpha value is -1.30. The summed E-state index contributed by atoms with van der Waals surface area (Å²) in [7, 11) is 0. The van der Waals surface area contributed by atoms with Crippen LogP contribution >= 0.6 is 0 Å². The van der Waals surface area contributed by atoms with E-state index in [0.717, 1.165) is 6.42 Å². The zero-order valence-corrected chi connectivity index (χ0v) is 13.5. The predicted molar refractivity (Wildman–Crippen MR) is 95.7 cm³/mol. The normalized spacial score (nSPS) is 7.89. The monoisotopic (exact) mass is 264 g/mol. The van der Waals surface area contributed by atoms with Crippen molar-refractivity contribution in [3.05, 3.63) is 63.8 Å². The molecule has 0 heteroatoms. The quantitative estimate of drug-likeness (QED) is 0.319. The summed E-state index contributed by atoms with van der Waals surface area (Å²) in [6.07, 6.45) is 17.0. The number of allylic oxidation sites excluding steroid dienone is 4. The van der Waals surface area contributed by atoms with Crippen molar-refractivity contribution in [2.45, 2.75) is 58.8 Å². The van der Waals surface area contributed by atoms with Crippen molar-refractivity contribution in [1.29, 1.82) is 0 Å². The highest BCUT2D eigenvalue weighted by Gasteiger charge is 1.84. The number of rotatable bonds is 8. The van der Waals surface area contributed by atoms with Gasteiger partial charge in [-0.2, -0.15) is 0 Å². The molecule has 112 valence electrons. The summed E-state index contributed by atoms with van der Waals surface area (Å²) in [6, 6.07) is 0. The molecule has 0 aromatic rings. The lowest BCUT2D eigenvalue weighted by atomic mass is 10.1. The van der Waals surface area contributed by atoms with Gasteiger partial charge in [0.1, 0.15) is 0 Å². The molecular weight excluding hydrogens is 228 g/mol. The summed E-state index contributed by atoms with van der Waals surface area (Å²) in [5.74, 6) is 0. The van der Waals surface area contributed by atoms with Gasteiger partial charge in [0.2, 0.25) is 0 Å². The summed E-state index contributed by atoms with van der Waals surface area (Å²) < 4.78 is 0. The highest BCUT2D eigenvalue weighted by atomic mass is 13.9. The highest BCUT2D eigenvalue weighted by Crippen LogP contribution is 2.04. The lowest BCUT2D eigenvalue weighted by Crippen LogP contribution is -1.74. The van der Waals surface area contributed by atoms with Crippen molar-refractivity contribution in [3.8, 4) is 0 Å². The SMILES string of the molecule is C=C.C=C.C=CCC=CC.C=CCCCCCCC. The summed E-state index contributed by atoms with van der Waals surface area (Å²) >= 11 is 0. The molecule has 0 aliphatic heterocycles. The van der Waals surface area contributed by atoms with Crippen LogP contribution in [0.15, 0.2) is 63.8 Å². The second kappa shape index (κ2) is 43.7. The molecule has 0 N–H and O–H groups in total. The van der Waals surface area contributed by atoms with E-state index in [9.17, 15) is 0 Å². The molecule has 0 nitrogen and oxygen atoms in total. The molecule has 0 heterocycles. The molecular formula is C19H36. The zero-order chi connectivity index (χ0) is 15.8. The smallest absolute Gasteiger partial charge is 0.0172 e. The van der Waals surface area contributed by atoms with Gasteiger partial charge >= 0.3 is 0 Å². The first kappa shape index (κ1) is 26.3. The predicted octanol–water partition coefficient (Wildman–Crippen LogP) is 7.28. The van der Waals surface area contributed by atoms with Gasteiger partial charge in [-0.05, 0) is 26.2 Å². The molecule has 0 spiro atoms. The molecule has 0 unspecified atom stereocenters. The standard InChI is InChI=1S/C9H18.C6H10.2C2H4/c1-3-5-7-9-8-6-4-2;1-3-5-6-4-2;2*1-2/h3H,1,4-9H2,2H3;3-4,6H,1,5H2,2H3;2*1-2H2. The van der Waals surface area contributed by atoms with Gasteiger partial charge in [-0.3, -0.25) is 0 Å². The maximum absolute atomic E-state index is 3.68. The van der Waals surface area contributed by atoms with E-state index < -0.39 is 0 Å². The van der Waals surface area contributed by atoms with Crippen LogP contribution in [0.2, 0.25) is 0 Å². The first-order chi connectivity index (χ1) is 9.33. The minimum Gasteiger partial charge on any atom is -0.106 e. The molecule has 0 aromatic carbocycles. The molecule has 0 aliphatic rings. The molecule has 0 aromatic heterocycles. The Labute approximate surface area is 123 Å². The Balaban J connectivity index is -0.0000000977. The van der Waals surface area contributed by atoms with Crippen LogP contribution in [0.3, 0.4) is 0 Å². The number of hydrogen-bond donors (Lipinski definition) is 0. The Kier molecular flexibility index (Phi) is 60.6. The maximum Gasteiger partial charge on any atom is -0.0172 e. The first-order valence-electron chi connectivity index (χ1n) is 7.16. The van der Waals surface area contributed by atoms with Crippen molar-refractivity contribution in [3.63, 3.8) is 0 Å². The van der Waals surface area contributed by atoms with Crippen molar-refractivity contribution in [2.75, 3.05) is 0 Å². The summed E-state index contributed by atoms with van der Waals surface area (Å²) in [6.45, 7) is 23.5. The van der Waals surface area contributed by atoms with E-state index in [1.807, 2.05) is 25.2 Å². The van der Waals surface area contributed by atoms with E-state index in [4.69, 9.17) is 0 Å². The summed E-state index contributed by atoms with van der Waals surface area (Å²) in [5.41, 5.74) is 0. The number of unbranched alkanes of at least 4 members (excludes halogenated alkanes) is 5. The van der Waals surface area contributed by atoms with Gasteiger partial charge in [-0.1, -0.05) is 56.9 Å². The molecule has 0 atom stereocenters. The Morgan fingerprint density at radius 2 is 1.32 bits per heavy atom. The second-order valence-corrected chi connectivity index (χ2v) is 3.58. The zero-order valence-electron chi connectivity index (χ0n) is 13.5. The van der Waals surface area contributed by atoms with Crippen molar-refractivity contribution < 1.29 is 0 Å². The molecule has 0 amide bonds. The highest BCUT2D eigenvalue weighted by molar-refractivity contribution is 4.85. The maximum atomic E-state index is 3.68. The van der Waals surface area contributed by atoms with Gasteiger partial charge in [0.15, 0.2) is 0 Å². The summed E-state index contributed by atoms with van der Waals surface area (Å²) in [4.78, 5) is 0. The minimum atomic E-state index is 0.997. The fraction of sp³-hybridized carbons (Fsp3) is 0.474. The lowest BCUT2D eigenvalue weighted by molar-refractivity contribution is 0.638. The Morgan fingerprint density at radius 3 is 1.63 bits per heavy atom. The van der Waals surface area contributed by atoms with Crippen LogP contribution in [0, 0.1) is 0 Å². The third-order valence-corrected chi connectivity index (χ3v) is 2.05. The van der Waals surface area contributed by atoms with Gasteiger partial charge < -0.3 is 0 Å². The van der Waals surface area contributed by atoms with E-state index in [1.54, 1.807) is 0 Å². The van der Waals surface area contributed by atoms with Crippen LogP contribution < -0.4 is 0 Å². The fourth-order valence-electron chi connectivity index (χ4n) is 1.12. The van der Waals surface area contributed by atoms with Gasteiger partial charge in [-0.25, -0.2) is 0 Å². The largest absolute Gasteiger partial charge is 0.106 e. The van der Waals surface area contributed by atoms with Gasteiger partial charge in [-0.15, -0.1) is 39.5 Å². The van der Waals surface area contributed by atoms with E-state index >= 15 is 0 Å². The van der Waals surface area contributed by atoms with Crippen LogP contribution in [-0.2, 0) is 0 Å². The van der Waals surface area contributed by atoms with E-state index in [-0.39, 0.29) is 0 Å². The molecule has 0 rings (SSSR count). The van der Waals surface area contributed by atoms with Gasteiger partial charge in [0.25, 0.3) is 0 Å². The molecule has 0 fully saturated rings. The van der Waals surface area contributed by atoms with Gasteiger partial charge in [0.05, 0.1) is 0 Å². The fourth-order valence-corrected chi connectivity index (χ4v) is 1.12. The molecule has 19 heavy (non-hydrogen) atoms. The molecule has 0 radical (unpaired) electrons.